The summed E-state index contributed by atoms with van der Waals surface area (Å²) in [7, 11) is 0. The Bertz CT molecular complexity index is 54.4. The molecule has 0 aromatic heterocycles. The Labute approximate surface area is 49.5 Å². The van der Waals surface area contributed by atoms with Gasteiger partial charge in [0.25, 0.3) is 0 Å². The van der Waals surface area contributed by atoms with Crippen LogP contribution in [0.15, 0.2) is 0 Å². The van der Waals surface area contributed by atoms with Gasteiger partial charge >= 0.3 is 5.97 Å². The molecule has 0 aromatic carbocycles. The van der Waals surface area contributed by atoms with E-state index >= 15 is 0 Å². The van der Waals surface area contributed by atoms with Gasteiger partial charge in [-0.2, -0.15) is 0 Å². The molecule has 0 amide bonds. The van der Waals surface area contributed by atoms with Gasteiger partial charge in [-0.3, -0.25) is 4.79 Å². The van der Waals surface area contributed by atoms with Crippen molar-refractivity contribution in [3.63, 3.8) is 0 Å². The standard InChI is InChI=1S/C3H8.C2H5NO2/c1-3-2;3-1-2(4)5/h3H2,1-2H3;1,3H2,(H,4,5). The molecule has 0 rings (SSSR count). The van der Waals surface area contributed by atoms with Crippen LogP contribution in [0.1, 0.15) is 20.3 Å². The zero-order chi connectivity index (χ0) is 6.99. The maximum Gasteiger partial charge on any atom is 0.317 e. The summed E-state index contributed by atoms with van der Waals surface area (Å²) in [4.78, 5) is 9.24. The van der Waals surface area contributed by atoms with Crippen molar-refractivity contribution in [3.05, 3.63) is 0 Å². The average Bonchev–Trinajstić information content (AvgIpc) is 1.69. The number of hydrogen-bond donors (Lipinski definition) is 2. The number of aliphatic carboxylic acids is 1. The number of carboxylic acid groups (broad SMARTS) is 1. The molecule has 3 nitrogen and oxygen atoms in total. The fourth-order valence-corrected chi connectivity index (χ4v) is 0. The van der Waals surface area contributed by atoms with Crippen molar-refractivity contribution in [2.24, 2.45) is 5.73 Å². The number of carboxylic acids is 1. The summed E-state index contributed by atoms with van der Waals surface area (Å²) in [6.07, 6.45) is 1.25. The van der Waals surface area contributed by atoms with Crippen molar-refractivity contribution in [2.75, 3.05) is 6.54 Å². The Morgan fingerprint density at radius 3 is 1.75 bits per heavy atom. The van der Waals surface area contributed by atoms with E-state index in [1.807, 2.05) is 0 Å². The van der Waals surface area contributed by atoms with Gasteiger partial charge in [-0.25, -0.2) is 0 Å². The molecule has 0 unspecified atom stereocenters. The third kappa shape index (κ3) is 52.1. The molecule has 0 saturated carbocycles. The molecular weight excluding hydrogens is 106 g/mol. The molecule has 0 aliphatic carbocycles. The highest BCUT2D eigenvalue weighted by Gasteiger charge is 1.81. The topological polar surface area (TPSA) is 63.3 Å². The van der Waals surface area contributed by atoms with E-state index in [9.17, 15) is 4.79 Å². The molecule has 3 heteroatoms. The van der Waals surface area contributed by atoms with Crippen LogP contribution in [0, 0.1) is 0 Å². The van der Waals surface area contributed by atoms with E-state index < -0.39 is 5.97 Å². The molecule has 0 saturated heterocycles. The van der Waals surface area contributed by atoms with E-state index in [1.54, 1.807) is 0 Å². The van der Waals surface area contributed by atoms with Crippen LogP contribution in [0.2, 0.25) is 0 Å². The van der Waals surface area contributed by atoms with Crippen LogP contribution < -0.4 is 5.73 Å². The zero-order valence-electron chi connectivity index (χ0n) is 5.35. The van der Waals surface area contributed by atoms with Crippen LogP contribution in [-0.2, 0) is 4.79 Å². The fraction of sp³-hybridized carbons (Fsp3) is 0.800. The molecule has 0 spiro atoms. The minimum absolute atomic E-state index is 0.278. The quantitative estimate of drug-likeness (QED) is 0.526. The van der Waals surface area contributed by atoms with E-state index in [-0.39, 0.29) is 6.54 Å². The monoisotopic (exact) mass is 119 g/mol. The predicted octanol–water partition coefficient (Wildman–Crippen LogP) is 0.446. The Balaban J connectivity index is 0. The second-order valence-electron chi connectivity index (χ2n) is 1.30. The van der Waals surface area contributed by atoms with Crippen LogP contribution in [-0.4, -0.2) is 17.6 Å². The molecule has 0 heterocycles. The average molecular weight is 119 g/mol. The maximum atomic E-state index is 9.24. The first-order chi connectivity index (χ1) is 3.68. The van der Waals surface area contributed by atoms with Crippen LogP contribution in [0.25, 0.3) is 0 Å². The Hall–Kier alpha value is -0.570. The van der Waals surface area contributed by atoms with Crippen molar-refractivity contribution in [2.45, 2.75) is 20.3 Å². The van der Waals surface area contributed by atoms with Crippen molar-refractivity contribution in [3.8, 4) is 0 Å². The lowest BCUT2D eigenvalue weighted by Crippen LogP contribution is -2.10. The van der Waals surface area contributed by atoms with Gasteiger partial charge in [0, 0.05) is 0 Å². The van der Waals surface area contributed by atoms with E-state index in [2.05, 4.69) is 19.6 Å². The molecular formula is C5H13NO2. The van der Waals surface area contributed by atoms with Crippen LogP contribution in [0.4, 0.5) is 0 Å². The highest BCUT2D eigenvalue weighted by molar-refractivity contribution is 5.68. The van der Waals surface area contributed by atoms with Crippen molar-refractivity contribution in [1.29, 1.82) is 0 Å². The molecule has 0 aliphatic heterocycles. The first kappa shape index (κ1) is 10.4. The Morgan fingerprint density at radius 2 is 1.75 bits per heavy atom. The molecule has 8 heavy (non-hydrogen) atoms. The highest BCUT2D eigenvalue weighted by atomic mass is 16.4. The first-order valence-electron chi connectivity index (χ1n) is 2.60. The minimum Gasteiger partial charge on any atom is -0.480 e. The van der Waals surface area contributed by atoms with Gasteiger partial charge in [0.05, 0.1) is 6.54 Å². The van der Waals surface area contributed by atoms with E-state index in [0.29, 0.717) is 0 Å². The predicted molar refractivity (Wildman–Crippen MR) is 32.7 cm³/mol. The molecule has 50 valence electrons. The second kappa shape index (κ2) is 9.66. The number of carbonyl (C=O) groups is 1. The summed E-state index contributed by atoms with van der Waals surface area (Å²) in [5.74, 6) is -0.968. The normalized spacial score (nSPS) is 6.88. The SMILES string of the molecule is CCC.NCC(=O)O. The van der Waals surface area contributed by atoms with Gasteiger partial charge in [0.2, 0.25) is 0 Å². The zero-order valence-corrected chi connectivity index (χ0v) is 5.35. The number of hydrogen-bond acceptors (Lipinski definition) is 2. The van der Waals surface area contributed by atoms with Crippen molar-refractivity contribution in [1.82, 2.24) is 0 Å². The molecule has 0 fully saturated rings. The lowest BCUT2D eigenvalue weighted by Gasteiger charge is -1.73. The van der Waals surface area contributed by atoms with Gasteiger partial charge in [-0.1, -0.05) is 20.3 Å². The minimum atomic E-state index is -0.968. The molecule has 0 aliphatic rings. The van der Waals surface area contributed by atoms with Crippen LogP contribution in [0.5, 0.6) is 0 Å². The van der Waals surface area contributed by atoms with E-state index in [0.717, 1.165) is 0 Å². The summed E-state index contributed by atoms with van der Waals surface area (Å²) in [6, 6.07) is 0. The first-order valence-corrected chi connectivity index (χ1v) is 2.60. The summed E-state index contributed by atoms with van der Waals surface area (Å²) >= 11 is 0. The van der Waals surface area contributed by atoms with Crippen molar-refractivity contribution < 1.29 is 9.90 Å². The molecule has 0 atom stereocenters. The third-order valence-corrected chi connectivity index (χ3v) is 0.175. The Kier molecular flexibility index (Phi) is 12.6. The van der Waals surface area contributed by atoms with Crippen LogP contribution in [0.3, 0.4) is 0 Å². The summed E-state index contributed by atoms with van der Waals surface area (Å²) in [5, 5.41) is 7.60. The molecule has 0 radical (unpaired) electrons. The largest absolute Gasteiger partial charge is 0.480 e. The van der Waals surface area contributed by atoms with Gasteiger partial charge in [-0.05, 0) is 0 Å². The fourth-order valence-electron chi connectivity index (χ4n) is 0. The molecule has 0 aromatic rings. The third-order valence-electron chi connectivity index (χ3n) is 0.175. The van der Waals surface area contributed by atoms with Gasteiger partial charge in [0.15, 0.2) is 0 Å². The lowest BCUT2D eigenvalue weighted by atomic mass is 10.6. The molecule has 3 N–H and O–H groups in total. The smallest absolute Gasteiger partial charge is 0.317 e. The van der Waals surface area contributed by atoms with Crippen molar-refractivity contribution >= 4 is 5.97 Å². The highest BCUT2D eigenvalue weighted by Crippen LogP contribution is 1.56. The summed E-state index contributed by atoms with van der Waals surface area (Å²) in [6.45, 7) is 3.97. The molecule has 0 bridgehead atoms. The van der Waals surface area contributed by atoms with Gasteiger partial charge in [0.1, 0.15) is 0 Å². The van der Waals surface area contributed by atoms with Gasteiger partial charge < -0.3 is 10.8 Å². The van der Waals surface area contributed by atoms with Gasteiger partial charge in [-0.15, -0.1) is 0 Å². The van der Waals surface area contributed by atoms with E-state index in [1.165, 1.54) is 6.42 Å². The maximum absolute atomic E-state index is 9.24. The Morgan fingerprint density at radius 1 is 1.62 bits per heavy atom. The number of nitrogens with two attached hydrogens (primary N) is 1. The lowest BCUT2D eigenvalue weighted by molar-refractivity contribution is -0.135. The summed E-state index contributed by atoms with van der Waals surface area (Å²) < 4.78 is 0. The van der Waals surface area contributed by atoms with Crippen LogP contribution >= 0.6 is 0 Å². The van der Waals surface area contributed by atoms with E-state index in [4.69, 9.17) is 5.11 Å². The second-order valence-corrected chi connectivity index (χ2v) is 1.30. The summed E-state index contributed by atoms with van der Waals surface area (Å²) in [5.41, 5.74) is 4.57. The number of rotatable bonds is 1.